The van der Waals surface area contributed by atoms with Crippen LogP contribution in [0.15, 0.2) is 136 Å². The van der Waals surface area contributed by atoms with Gasteiger partial charge in [-0.2, -0.15) is 0 Å². The fourth-order valence-corrected chi connectivity index (χ4v) is 10.2. The SMILES string of the molecule is C=C(C)C(=O)OCC(O)CN(CC(=O)O)CC(=O)O.C=C(C)C(=O)OCC(O)CN(CC)CC.C=C(C)C(=O)OCC(O)CN(CCCC)CCCC.C=C(C)C(=O)OCC(O)CN(CCO)CCO.C=CC(=O)NCCN(C)C.C=CC(=O)OCC(O)CN(CC)CC.C=Cc1ccc(CN(CCO)CCCC)cc1.C=Cc1ccc(CN(CCO)CCO)cc1. The lowest BCUT2D eigenvalue weighted by atomic mass is 10.1. The summed E-state index contributed by atoms with van der Waals surface area (Å²) in [5.41, 5.74) is 5.87. The molecule has 13 N–H and O–H groups in total. The maximum atomic E-state index is 11.2. The topological polar surface area (TPSA) is 463 Å². The summed E-state index contributed by atoms with van der Waals surface area (Å²) in [6, 6.07) is 16.5. The Labute approximate surface area is 758 Å². The molecule has 0 aliphatic carbocycles. The number of aliphatic carboxylic acids is 2. The largest absolute Gasteiger partial charge is 0.480 e. The van der Waals surface area contributed by atoms with E-state index < -0.39 is 85.4 Å². The molecule has 127 heavy (non-hydrogen) atoms. The third-order valence-corrected chi connectivity index (χ3v) is 17.3. The maximum absolute atomic E-state index is 11.2. The lowest BCUT2D eigenvalue weighted by Gasteiger charge is -2.24. The number of hydrogen-bond acceptors (Lipinski definition) is 31. The number of amides is 1. The average Bonchev–Trinajstić information content (AvgIpc) is 0.906. The predicted molar refractivity (Wildman–Crippen MR) is 500 cm³/mol. The summed E-state index contributed by atoms with van der Waals surface area (Å²) in [7, 11) is 3.92. The molecule has 0 aromatic heterocycles. The number of rotatable bonds is 62. The maximum Gasteiger partial charge on any atom is 0.333 e. The minimum absolute atomic E-state index is 0.0291. The summed E-state index contributed by atoms with van der Waals surface area (Å²) in [6.07, 6.45) is 9.02. The van der Waals surface area contributed by atoms with E-state index in [1.807, 2.05) is 88.0 Å². The molecule has 0 aliphatic heterocycles. The number of carbonyl (C=O) groups excluding carboxylic acids is 6. The highest BCUT2D eigenvalue weighted by molar-refractivity contribution is 5.88. The van der Waals surface area contributed by atoms with Crippen LogP contribution >= 0.6 is 0 Å². The number of ether oxygens (including phenoxy) is 5. The van der Waals surface area contributed by atoms with Crippen molar-refractivity contribution in [3.8, 4) is 0 Å². The van der Waals surface area contributed by atoms with Gasteiger partial charge in [0.2, 0.25) is 5.91 Å². The normalized spacial score (nSPS) is 11.7. The summed E-state index contributed by atoms with van der Waals surface area (Å²) in [6.45, 7) is 61.4. The number of carbonyl (C=O) groups is 8. The van der Waals surface area contributed by atoms with Gasteiger partial charge in [-0.05, 0) is 135 Å². The first kappa shape index (κ1) is 129. The quantitative estimate of drug-likeness (QED) is 0.0230. The molecule has 34 nitrogen and oxygen atoms in total. The van der Waals surface area contributed by atoms with Gasteiger partial charge in [-0.25, -0.2) is 24.0 Å². The van der Waals surface area contributed by atoms with Gasteiger partial charge in [0.15, 0.2) is 0 Å². The number of nitrogens with one attached hydrogen (secondary N) is 1. The van der Waals surface area contributed by atoms with Crippen molar-refractivity contribution in [3.05, 3.63) is 158 Å². The molecule has 1 amide bonds. The first-order chi connectivity index (χ1) is 60.1. The molecule has 730 valence electrons. The first-order valence-electron chi connectivity index (χ1n) is 43.2. The van der Waals surface area contributed by atoms with Crippen molar-refractivity contribution >= 4 is 59.8 Å². The molecule has 5 atom stereocenters. The summed E-state index contributed by atoms with van der Waals surface area (Å²) in [4.78, 5) is 102. The Morgan fingerprint density at radius 1 is 0.370 bits per heavy atom. The summed E-state index contributed by atoms with van der Waals surface area (Å²) in [5.74, 6) is -5.14. The number of carboxylic acids is 2. The van der Waals surface area contributed by atoms with E-state index >= 15 is 0 Å². The smallest absolute Gasteiger partial charge is 0.333 e. The highest BCUT2D eigenvalue weighted by Gasteiger charge is 2.21. The molecule has 0 bridgehead atoms. The molecular formula is C93H163N9O25. The highest BCUT2D eigenvalue weighted by atomic mass is 16.6. The van der Waals surface area contributed by atoms with E-state index in [0.717, 1.165) is 120 Å². The fourth-order valence-electron chi connectivity index (χ4n) is 10.2. The zero-order chi connectivity index (χ0) is 98.0. The van der Waals surface area contributed by atoms with Crippen molar-refractivity contribution in [1.29, 1.82) is 0 Å². The summed E-state index contributed by atoms with van der Waals surface area (Å²) >= 11 is 0. The Hall–Kier alpha value is -8.60. The second-order valence-corrected chi connectivity index (χ2v) is 29.6. The van der Waals surface area contributed by atoms with Gasteiger partial charge < -0.3 is 110 Å². The molecule has 0 fully saturated rings. The number of esters is 5. The van der Waals surface area contributed by atoms with E-state index in [1.165, 1.54) is 43.9 Å². The Morgan fingerprint density at radius 3 is 0.874 bits per heavy atom. The van der Waals surface area contributed by atoms with Crippen molar-refractivity contribution in [1.82, 2.24) is 44.5 Å². The number of hydrogen-bond donors (Lipinski definition) is 13. The average molecular weight is 1810 g/mol. The van der Waals surface area contributed by atoms with Crippen LogP contribution in [0, 0.1) is 0 Å². The molecular weight excluding hydrogens is 1640 g/mol. The lowest BCUT2D eigenvalue weighted by molar-refractivity contribution is -0.146. The molecule has 5 unspecified atom stereocenters. The molecule has 34 heteroatoms. The summed E-state index contributed by atoms with van der Waals surface area (Å²) in [5, 5.41) is 112. The summed E-state index contributed by atoms with van der Waals surface area (Å²) < 4.78 is 24.0. The van der Waals surface area contributed by atoms with E-state index in [9.17, 15) is 63.9 Å². The molecule has 0 aliphatic rings. The standard InChI is InChI=1S/C15H29NO3.C15H23NO.C13H19NO2.C11H17NO7.C11H21NO5.C11H21NO3.C10H19NO3.C7H14N2O/c1-5-7-9-16(10-8-6-2)11-14(17)12-19-15(18)13(3)4;1-3-5-10-16(11-12-17)13-15-8-6-14(4-2)7-9-15;1-2-12-3-5-13(6-4-12)11-14(7-9-15)8-10-16;1-7(2)11(18)19-6-8(13)3-12(4-9(14)15)5-10(16)17;1-9(2)11(16)17-8-10(15)7-12(3-5-13)4-6-14;1-5-12(6-2)7-10(13)8-15-11(14)9(3)4;1-4-10(13)14-8-9(12)7-11(5-2)6-3;1-4-7(10)8-5-6-9(2)3/h14,17H,3,5-12H2,1-2,4H3;4,6-9,17H,2-3,5,10-13H2,1H3;2-6,15-16H,1,7-11H2;8,13H,1,3-6H2,2H3,(H,14,15)(H,16,17);10,13-15H,1,3-8H2,2H3;10,13H,3,5-8H2,1-2,4H3;4,9,12H,1,5-8H2,2-3H3;4H,1,5-6H2,2-3H3,(H,8,10). The van der Waals surface area contributed by atoms with Gasteiger partial charge in [-0.3, -0.25) is 34.0 Å². The number of aliphatic hydroxyl groups excluding tert-OH is 10. The van der Waals surface area contributed by atoms with Gasteiger partial charge in [-0.15, -0.1) is 0 Å². The van der Waals surface area contributed by atoms with Crippen molar-refractivity contribution in [2.24, 2.45) is 0 Å². The number of likely N-dealkylation sites (N-methyl/N-ethyl adjacent to an activating group) is 3. The van der Waals surface area contributed by atoms with Gasteiger partial charge >= 0.3 is 41.8 Å². The van der Waals surface area contributed by atoms with Crippen LogP contribution in [-0.4, -0.2) is 396 Å². The molecule has 0 saturated heterocycles. The zero-order valence-corrected chi connectivity index (χ0v) is 78.8. The Balaban J connectivity index is -0.000000331. The highest BCUT2D eigenvalue weighted by Crippen LogP contribution is 2.12. The van der Waals surface area contributed by atoms with Crippen LogP contribution in [-0.2, 0) is 75.1 Å². The van der Waals surface area contributed by atoms with Crippen LogP contribution in [0.4, 0.5) is 0 Å². The van der Waals surface area contributed by atoms with Gasteiger partial charge in [-0.1, -0.05) is 181 Å². The Morgan fingerprint density at radius 2 is 0.630 bits per heavy atom. The number of unbranched alkanes of at least 4 members (excludes halogenated alkanes) is 3. The first-order valence-corrected chi connectivity index (χ1v) is 43.2. The second-order valence-electron chi connectivity index (χ2n) is 29.6. The number of carboxylic acid groups (broad SMARTS) is 2. The number of aliphatic hydroxyl groups is 10. The van der Waals surface area contributed by atoms with Crippen LogP contribution in [0.1, 0.15) is 137 Å². The Bertz CT molecular complexity index is 3230. The van der Waals surface area contributed by atoms with Gasteiger partial charge in [0.25, 0.3) is 0 Å². The third-order valence-electron chi connectivity index (χ3n) is 17.3. The van der Waals surface area contributed by atoms with Crippen LogP contribution in [0.25, 0.3) is 12.2 Å². The molecule has 2 rings (SSSR count). The number of benzene rings is 2. The molecule has 0 heterocycles. The van der Waals surface area contributed by atoms with Crippen molar-refractivity contribution in [3.63, 3.8) is 0 Å². The molecule has 0 radical (unpaired) electrons. The monoisotopic (exact) mass is 1810 g/mol. The van der Waals surface area contributed by atoms with Crippen LogP contribution < -0.4 is 5.32 Å². The second kappa shape index (κ2) is 86.8. The zero-order valence-electron chi connectivity index (χ0n) is 78.8. The Kier molecular flexibility index (Phi) is 88.2. The third kappa shape index (κ3) is 82.8. The van der Waals surface area contributed by atoms with Crippen LogP contribution in [0.3, 0.4) is 0 Å². The predicted octanol–water partition coefficient (Wildman–Crippen LogP) is 5.18. The van der Waals surface area contributed by atoms with E-state index in [0.29, 0.717) is 63.5 Å². The van der Waals surface area contributed by atoms with E-state index in [4.69, 9.17) is 54.7 Å². The van der Waals surface area contributed by atoms with E-state index in [-0.39, 0.29) is 96.2 Å². The number of nitrogens with zero attached hydrogens (tertiary/aromatic N) is 8. The lowest BCUT2D eigenvalue weighted by Crippen LogP contribution is -2.41. The van der Waals surface area contributed by atoms with Crippen molar-refractivity contribution in [2.75, 3.05) is 218 Å². The minimum atomic E-state index is -1.22. The van der Waals surface area contributed by atoms with Crippen molar-refractivity contribution in [2.45, 2.75) is 158 Å². The van der Waals surface area contributed by atoms with E-state index in [1.54, 1.807) is 18.7 Å². The van der Waals surface area contributed by atoms with Crippen LogP contribution in [0.2, 0.25) is 0 Å². The van der Waals surface area contributed by atoms with Gasteiger partial charge in [0, 0.05) is 120 Å². The minimum Gasteiger partial charge on any atom is -0.480 e. The van der Waals surface area contributed by atoms with Crippen LogP contribution in [0.5, 0.6) is 0 Å². The van der Waals surface area contributed by atoms with Gasteiger partial charge in [0.1, 0.15) is 63.6 Å². The van der Waals surface area contributed by atoms with Gasteiger partial charge in [0.05, 0.1) is 46.1 Å². The van der Waals surface area contributed by atoms with E-state index in [2.05, 4.69) is 127 Å². The molecule has 0 saturated carbocycles. The molecule has 2 aromatic rings. The van der Waals surface area contributed by atoms with Crippen molar-refractivity contribution < 1.29 is 123 Å². The fraction of sp³-hybridized carbons (Fsp3) is 0.613. The molecule has 0 spiro atoms. The molecule has 2 aromatic carbocycles.